The minimum atomic E-state index is 0.801. The molecular weight excluding hydrogens is 278 g/mol. The number of hydrogen-bond donors (Lipinski definition) is 1. The molecule has 0 atom stereocenters. The first-order valence-electron chi connectivity index (χ1n) is 5.56. The van der Waals surface area contributed by atoms with Crippen molar-refractivity contribution < 1.29 is 0 Å². The van der Waals surface area contributed by atoms with Gasteiger partial charge in [0, 0.05) is 19.2 Å². The van der Waals surface area contributed by atoms with E-state index >= 15 is 0 Å². The topological polar surface area (TPSA) is 29.9 Å². The van der Waals surface area contributed by atoms with Gasteiger partial charge in [-0.15, -0.1) is 0 Å². The molecule has 0 unspecified atom stereocenters. The van der Waals surface area contributed by atoms with Gasteiger partial charge in [0.15, 0.2) is 0 Å². The van der Waals surface area contributed by atoms with Crippen LogP contribution in [-0.2, 0) is 13.6 Å². The number of nitrogens with zero attached hydrogens (tertiary/aromatic N) is 2. The third-order valence-electron chi connectivity index (χ3n) is 2.74. The smallest absolute Gasteiger partial charge is 0.107 e. The summed E-state index contributed by atoms with van der Waals surface area (Å²) in [6.07, 6.45) is 0. The van der Waals surface area contributed by atoms with Crippen LogP contribution in [0.15, 0.2) is 28.7 Å². The minimum absolute atomic E-state index is 0.801. The van der Waals surface area contributed by atoms with E-state index in [0.29, 0.717) is 0 Å². The summed E-state index contributed by atoms with van der Waals surface area (Å²) in [7, 11) is 3.91. The Morgan fingerprint density at radius 1 is 1.41 bits per heavy atom. The van der Waals surface area contributed by atoms with Crippen molar-refractivity contribution in [3.63, 3.8) is 0 Å². The lowest BCUT2D eigenvalue weighted by Gasteiger charge is -2.01. The quantitative estimate of drug-likeness (QED) is 0.943. The molecule has 0 amide bonds. The maximum Gasteiger partial charge on any atom is 0.107 e. The molecule has 0 spiro atoms. The Labute approximate surface area is 110 Å². The molecule has 0 saturated carbocycles. The van der Waals surface area contributed by atoms with Gasteiger partial charge in [-0.1, -0.05) is 23.8 Å². The molecule has 0 bridgehead atoms. The molecule has 1 heterocycles. The van der Waals surface area contributed by atoms with Crippen LogP contribution in [0, 0.1) is 6.92 Å². The Hall–Kier alpha value is -1.13. The van der Waals surface area contributed by atoms with Crippen molar-refractivity contribution >= 4 is 15.9 Å². The van der Waals surface area contributed by atoms with Gasteiger partial charge in [-0.3, -0.25) is 4.68 Å². The van der Waals surface area contributed by atoms with Gasteiger partial charge >= 0.3 is 0 Å². The van der Waals surface area contributed by atoms with Crippen molar-refractivity contribution in [3.8, 4) is 11.3 Å². The van der Waals surface area contributed by atoms with Crippen molar-refractivity contribution in [3.05, 3.63) is 40.0 Å². The van der Waals surface area contributed by atoms with Crippen LogP contribution in [0.5, 0.6) is 0 Å². The fraction of sp³-hybridized carbons (Fsp3) is 0.308. The maximum atomic E-state index is 4.57. The fourth-order valence-corrected chi connectivity index (χ4v) is 2.57. The fourth-order valence-electron chi connectivity index (χ4n) is 1.87. The van der Waals surface area contributed by atoms with Crippen molar-refractivity contribution in [2.24, 2.45) is 7.05 Å². The van der Waals surface area contributed by atoms with E-state index in [1.54, 1.807) is 0 Å². The molecule has 1 aromatic heterocycles. The van der Waals surface area contributed by atoms with Crippen molar-refractivity contribution in [2.45, 2.75) is 13.5 Å². The molecule has 0 aliphatic rings. The number of benzene rings is 1. The number of aromatic nitrogens is 2. The van der Waals surface area contributed by atoms with Gasteiger partial charge in [0.05, 0.1) is 10.2 Å². The second kappa shape index (κ2) is 5.02. The highest BCUT2D eigenvalue weighted by Gasteiger charge is 2.14. The second-order valence-corrected chi connectivity index (χ2v) is 4.93. The number of rotatable bonds is 3. The monoisotopic (exact) mass is 293 g/mol. The van der Waals surface area contributed by atoms with Gasteiger partial charge < -0.3 is 5.32 Å². The summed E-state index contributed by atoms with van der Waals surface area (Å²) in [5, 5.41) is 7.72. The normalized spacial score (nSPS) is 10.8. The highest BCUT2D eigenvalue weighted by Crippen LogP contribution is 2.30. The van der Waals surface area contributed by atoms with E-state index in [2.05, 4.69) is 57.5 Å². The summed E-state index contributed by atoms with van der Waals surface area (Å²) in [6, 6.07) is 8.39. The molecule has 17 heavy (non-hydrogen) atoms. The maximum absolute atomic E-state index is 4.57. The summed E-state index contributed by atoms with van der Waals surface area (Å²) in [5.41, 5.74) is 4.55. The Morgan fingerprint density at radius 2 is 2.18 bits per heavy atom. The highest BCUT2D eigenvalue weighted by atomic mass is 79.9. The van der Waals surface area contributed by atoms with Crippen LogP contribution in [-0.4, -0.2) is 16.8 Å². The van der Waals surface area contributed by atoms with Gasteiger partial charge in [0.1, 0.15) is 5.69 Å². The van der Waals surface area contributed by atoms with E-state index in [4.69, 9.17) is 0 Å². The zero-order valence-electron chi connectivity index (χ0n) is 10.3. The number of halogens is 1. The van der Waals surface area contributed by atoms with Gasteiger partial charge in [-0.2, -0.15) is 5.10 Å². The molecule has 2 rings (SSSR count). The molecule has 1 aromatic carbocycles. The Morgan fingerprint density at radius 3 is 2.82 bits per heavy atom. The summed E-state index contributed by atoms with van der Waals surface area (Å²) in [4.78, 5) is 0. The third kappa shape index (κ3) is 2.42. The zero-order valence-corrected chi connectivity index (χ0v) is 11.9. The molecule has 1 N–H and O–H groups in total. The van der Waals surface area contributed by atoms with E-state index in [9.17, 15) is 0 Å². The lowest BCUT2D eigenvalue weighted by atomic mass is 10.1. The molecule has 0 radical (unpaired) electrons. The van der Waals surface area contributed by atoms with Crippen LogP contribution in [0.2, 0.25) is 0 Å². The number of hydrogen-bond acceptors (Lipinski definition) is 2. The molecule has 3 nitrogen and oxygen atoms in total. The molecule has 4 heteroatoms. The van der Waals surface area contributed by atoms with Crippen molar-refractivity contribution in [1.82, 2.24) is 15.1 Å². The molecule has 2 aromatic rings. The van der Waals surface area contributed by atoms with E-state index in [-0.39, 0.29) is 0 Å². The summed E-state index contributed by atoms with van der Waals surface area (Å²) < 4.78 is 2.98. The van der Waals surface area contributed by atoms with E-state index < -0.39 is 0 Å². The van der Waals surface area contributed by atoms with E-state index in [0.717, 1.165) is 28.0 Å². The van der Waals surface area contributed by atoms with Crippen molar-refractivity contribution in [2.75, 3.05) is 7.05 Å². The third-order valence-corrected chi connectivity index (χ3v) is 3.57. The van der Waals surface area contributed by atoms with Crippen LogP contribution in [0.4, 0.5) is 0 Å². The molecule has 90 valence electrons. The number of nitrogens with one attached hydrogen (secondary N) is 1. The lowest BCUT2D eigenvalue weighted by molar-refractivity contribution is 0.671. The Bertz CT molecular complexity index is 531. The predicted molar refractivity (Wildman–Crippen MR) is 73.8 cm³/mol. The standard InChI is InChI=1S/C13H16BrN3/c1-9-5-4-6-10(7-9)13-12(14)11(8-15-2)17(3)16-13/h4-7,15H,8H2,1-3H3. The number of aryl methyl sites for hydroxylation is 2. The van der Waals surface area contributed by atoms with Gasteiger partial charge in [0.2, 0.25) is 0 Å². The molecule has 0 aliphatic carbocycles. The van der Waals surface area contributed by atoms with Crippen LogP contribution >= 0.6 is 15.9 Å². The average molecular weight is 294 g/mol. The molecular formula is C13H16BrN3. The summed E-state index contributed by atoms with van der Waals surface area (Å²) >= 11 is 3.64. The molecule has 0 aliphatic heterocycles. The first kappa shape index (κ1) is 12.3. The predicted octanol–water partition coefficient (Wildman–Crippen LogP) is 2.88. The van der Waals surface area contributed by atoms with Crippen LogP contribution in [0.3, 0.4) is 0 Å². The Balaban J connectivity index is 2.50. The van der Waals surface area contributed by atoms with E-state index in [1.165, 1.54) is 5.56 Å². The Kier molecular flexibility index (Phi) is 3.64. The van der Waals surface area contributed by atoms with Gasteiger partial charge in [-0.25, -0.2) is 0 Å². The first-order chi connectivity index (χ1) is 8.13. The second-order valence-electron chi connectivity index (χ2n) is 4.13. The van der Waals surface area contributed by atoms with Crippen LogP contribution in [0.25, 0.3) is 11.3 Å². The molecule has 0 saturated heterocycles. The first-order valence-corrected chi connectivity index (χ1v) is 6.35. The van der Waals surface area contributed by atoms with Crippen LogP contribution < -0.4 is 5.32 Å². The average Bonchev–Trinajstić information content (AvgIpc) is 2.57. The highest BCUT2D eigenvalue weighted by molar-refractivity contribution is 9.10. The van der Waals surface area contributed by atoms with Gasteiger partial charge in [-0.05, 0) is 36.0 Å². The van der Waals surface area contributed by atoms with Crippen LogP contribution in [0.1, 0.15) is 11.3 Å². The van der Waals surface area contributed by atoms with Gasteiger partial charge in [0.25, 0.3) is 0 Å². The summed E-state index contributed by atoms with van der Waals surface area (Å²) in [6.45, 7) is 2.89. The largest absolute Gasteiger partial charge is 0.314 e. The zero-order chi connectivity index (χ0) is 12.4. The molecule has 0 fully saturated rings. The van der Waals surface area contributed by atoms with E-state index in [1.807, 2.05) is 18.8 Å². The van der Waals surface area contributed by atoms with Crippen molar-refractivity contribution in [1.29, 1.82) is 0 Å². The summed E-state index contributed by atoms with van der Waals surface area (Å²) in [5.74, 6) is 0. The minimum Gasteiger partial charge on any atom is -0.314 e. The SMILES string of the molecule is CNCc1c(Br)c(-c2cccc(C)c2)nn1C. The lowest BCUT2D eigenvalue weighted by Crippen LogP contribution is -2.10.